The smallest absolute Gasteiger partial charge is 0.196 e. The Hall–Kier alpha value is -1.39. The van der Waals surface area contributed by atoms with Crippen molar-refractivity contribution in [2.24, 2.45) is 0 Å². The van der Waals surface area contributed by atoms with Crippen LogP contribution in [-0.4, -0.2) is 17.6 Å². The van der Waals surface area contributed by atoms with E-state index in [4.69, 9.17) is 16.0 Å². The first-order valence-corrected chi connectivity index (χ1v) is 6.57. The molecule has 102 valence electrons. The molecule has 1 aromatic heterocycles. The average molecular weight is 283 g/mol. The third-order valence-electron chi connectivity index (χ3n) is 2.64. The number of nitrogens with one attached hydrogen (secondary N) is 1. The minimum absolute atomic E-state index is 0.336. The summed E-state index contributed by atoms with van der Waals surface area (Å²) in [4.78, 5) is 4.14. The summed E-state index contributed by atoms with van der Waals surface area (Å²) in [5.41, 5.74) is 0.336. The van der Waals surface area contributed by atoms with Crippen molar-refractivity contribution in [3.8, 4) is 11.3 Å². The van der Waals surface area contributed by atoms with Gasteiger partial charge in [-0.15, -0.1) is 0 Å². The number of nitrogens with zero attached hydrogens (tertiary/aromatic N) is 1. The Morgan fingerprint density at radius 1 is 1.42 bits per heavy atom. The van der Waals surface area contributed by atoms with E-state index in [1.165, 1.54) is 24.4 Å². The lowest BCUT2D eigenvalue weighted by Gasteiger charge is -2.05. The Morgan fingerprint density at radius 2 is 2.21 bits per heavy atom. The first-order valence-electron chi connectivity index (χ1n) is 6.20. The van der Waals surface area contributed by atoms with Gasteiger partial charge in [-0.1, -0.05) is 25.4 Å². The molecule has 0 saturated carbocycles. The van der Waals surface area contributed by atoms with Gasteiger partial charge in [-0.05, 0) is 18.2 Å². The van der Waals surface area contributed by atoms with Gasteiger partial charge in [0.25, 0.3) is 0 Å². The Morgan fingerprint density at radius 3 is 2.95 bits per heavy atom. The monoisotopic (exact) mass is 282 g/mol. The van der Waals surface area contributed by atoms with Gasteiger partial charge in [0.2, 0.25) is 0 Å². The molecule has 1 N–H and O–H groups in total. The maximum atomic E-state index is 13.7. The minimum atomic E-state index is -0.368. The fourth-order valence-corrected chi connectivity index (χ4v) is 1.88. The lowest BCUT2D eigenvalue weighted by atomic mass is 10.2. The van der Waals surface area contributed by atoms with E-state index in [1.54, 1.807) is 0 Å². The van der Waals surface area contributed by atoms with Crippen LogP contribution in [0, 0.1) is 5.82 Å². The second-order valence-corrected chi connectivity index (χ2v) is 5.04. The molecular formula is C14H16ClFN2O. The van der Waals surface area contributed by atoms with Gasteiger partial charge >= 0.3 is 0 Å². The van der Waals surface area contributed by atoms with E-state index < -0.39 is 0 Å². The van der Waals surface area contributed by atoms with E-state index in [0.717, 1.165) is 6.54 Å². The van der Waals surface area contributed by atoms with Crippen LogP contribution in [-0.2, 0) is 6.42 Å². The number of halogens is 2. The third kappa shape index (κ3) is 3.78. The van der Waals surface area contributed by atoms with E-state index >= 15 is 0 Å². The van der Waals surface area contributed by atoms with Gasteiger partial charge in [0.1, 0.15) is 5.82 Å². The van der Waals surface area contributed by atoms with Crippen LogP contribution in [0.5, 0.6) is 0 Å². The second kappa shape index (κ2) is 6.17. The van der Waals surface area contributed by atoms with Gasteiger partial charge in [0.05, 0.1) is 11.8 Å². The van der Waals surface area contributed by atoms with Crippen molar-refractivity contribution < 1.29 is 8.81 Å². The van der Waals surface area contributed by atoms with E-state index in [9.17, 15) is 4.39 Å². The van der Waals surface area contributed by atoms with Crippen LogP contribution >= 0.6 is 11.6 Å². The molecule has 5 heteroatoms. The molecule has 1 aromatic carbocycles. The van der Waals surface area contributed by atoms with E-state index in [-0.39, 0.29) is 5.82 Å². The largest absolute Gasteiger partial charge is 0.441 e. The zero-order chi connectivity index (χ0) is 13.8. The molecule has 2 rings (SSSR count). The predicted molar refractivity (Wildman–Crippen MR) is 73.7 cm³/mol. The number of hydrogen-bond acceptors (Lipinski definition) is 3. The average Bonchev–Trinajstić information content (AvgIpc) is 2.80. The minimum Gasteiger partial charge on any atom is -0.441 e. The fraction of sp³-hybridized carbons (Fsp3) is 0.357. The molecule has 0 atom stereocenters. The van der Waals surface area contributed by atoms with Gasteiger partial charge in [-0.3, -0.25) is 0 Å². The molecule has 0 aliphatic carbocycles. The van der Waals surface area contributed by atoms with Crippen LogP contribution in [0.15, 0.2) is 28.8 Å². The van der Waals surface area contributed by atoms with Gasteiger partial charge in [0, 0.05) is 24.0 Å². The molecule has 2 aromatic rings. The Balaban J connectivity index is 2.10. The summed E-state index contributed by atoms with van der Waals surface area (Å²) < 4.78 is 19.2. The molecule has 0 bridgehead atoms. The summed E-state index contributed by atoms with van der Waals surface area (Å²) in [5.74, 6) is 0.620. The first kappa shape index (κ1) is 14.0. The van der Waals surface area contributed by atoms with Crippen molar-refractivity contribution in [3.63, 3.8) is 0 Å². The molecule has 0 saturated heterocycles. The highest BCUT2D eigenvalue weighted by Gasteiger charge is 2.11. The van der Waals surface area contributed by atoms with E-state index in [0.29, 0.717) is 34.7 Å². The van der Waals surface area contributed by atoms with Crippen molar-refractivity contribution >= 4 is 11.6 Å². The highest BCUT2D eigenvalue weighted by atomic mass is 35.5. The maximum Gasteiger partial charge on any atom is 0.196 e. The van der Waals surface area contributed by atoms with E-state index in [1.807, 2.05) is 0 Å². The Kier molecular flexibility index (Phi) is 4.56. The molecule has 0 unspecified atom stereocenters. The summed E-state index contributed by atoms with van der Waals surface area (Å²) >= 11 is 5.85. The third-order valence-corrected chi connectivity index (χ3v) is 2.87. The topological polar surface area (TPSA) is 38.1 Å². The van der Waals surface area contributed by atoms with Crippen molar-refractivity contribution in [2.45, 2.75) is 26.3 Å². The molecule has 19 heavy (non-hydrogen) atoms. The summed E-state index contributed by atoms with van der Waals surface area (Å²) in [5, 5.41) is 3.74. The van der Waals surface area contributed by atoms with Crippen LogP contribution in [0.4, 0.5) is 4.39 Å². The SMILES string of the molecule is CC(C)NCCc1ncc(-c2cc(Cl)ccc2F)o1. The molecular weight excluding hydrogens is 267 g/mol. The number of rotatable bonds is 5. The standard InChI is InChI=1S/C14H16ClFN2O/c1-9(2)17-6-5-14-18-8-13(19-14)11-7-10(15)3-4-12(11)16/h3-4,7-9,17H,5-6H2,1-2H3. The highest BCUT2D eigenvalue weighted by molar-refractivity contribution is 6.30. The lowest BCUT2D eigenvalue weighted by molar-refractivity contribution is 0.482. The zero-order valence-corrected chi connectivity index (χ0v) is 11.7. The van der Waals surface area contributed by atoms with Gasteiger partial charge in [0.15, 0.2) is 11.7 Å². The van der Waals surface area contributed by atoms with Gasteiger partial charge in [-0.2, -0.15) is 0 Å². The fourth-order valence-electron chi connectivity index (χ4n) is 1.70. The summed E-state index contributed by atoms with van der Waals surface area (Å²) in [6, 6.07) is 4.78. The lowest BCUT2D eigenvalue weighted by Crippen LogP contribution is -2.24. The normalized spacial score (nSPS) is 11.2. The van der Waals surface area contributed by atoms with Crippen LogP contribution in [0.1, 0.15) is 19.7 Å². The van der Waals surface area contributed by atoms with Crippen LogP contribution in [0.2, 0.25) is 5.02 Å². The van der Waals surface area contributed by atoms with Crippen molar-refractivity contribution in [2.75, 3.05) is 6.54 Å². The number of benzene rings is 1. The van der Waals surface area contributed by atoms with Crippen molar-refractivity contribution in [3.05, 3.63) is 41.1 Å². The molecule has 0 aliphatic heterocycles. The van der Waals surface area contributed by atoms with Crippen molar-refractivity contribution in [1.82, 2.24) is 10.3 Å². The van der Waals surface area contributed by atoms with Crippen molar-refractivity contribution in [1.29, 1.82) is 0 Å². The summed E-state index contributed by atoms with van der Waals surface area (Å²) in [7, 11) is 0. The Bertz CT molecular complexity index is 554. The van der Waals surface area contributed by atoms with E-state index in [2.05, 4.69) is 24.1 Å². The number of hydrogen-bond donors (Lipinski definition) is 1. The maximum absolute atomic E-state index is 13.7. The van der Waals surface area contributed by atoms with Gasteiger partial charge in [-0.25, -0.2) is 9.37 Å². The molecule has 3 nitrogen and oxygen atoms in total. The molecule has 0 radical (unpaired) electrons. The van der Waals surface area contributed by atoms with Crippen LogP contribution < -0.4 is 5.32 Å². The summed E-state index contributed by atoms with van der Waals surface area (Å²) in [6.45, 7) is 4.92. The molecule has 0 aliphatic rings. The zero-order valence-electron chi connectivity index (χ0n) is 10.9. The molecule has 1 heterocycles. The molecule has 0 amide bonds. The second-order valence-electron chi connectivity index (χ2n) is 4.60. The quantitative estimate of drug-likeness (QED) is 0.909. The first-order chi connectivity index (χ1) is 9.06. The molecule has 0 spiro atoms. The number of oxazole rings is 1. The Labute approximate surface area is 116 Å². The summed E-state index contributed by atoms with van der Waals surface area (Å²) in [6.07, 6.45) is 2.19. The van der Waals surface area contributed by atoms with Crippen LogP contribution in [0.25, 0.3) is 11.3 Å². The van der Waals surface area contributed by atoms with Crippen LogP contribution in [0.3, 0.4) is 0 Å². The van der Waals surface area contributed by atoms with Gasteiger partial charge < -0.3 is 9.73 Å². The highest BCUT2D eigenvalue weighted by Crippen LogP contribution is 2.26. The number of aromatic nitrogens is 1. The molecule has 0 fully saturated rings. The predicted octanol–water partition coefficient (Wildman–Crippen LogP) is 3.67.